The highest BCUT2D eigenvalue weighted by molar-refractivity contribution is 6.31. The van der Waals surface area contributed by atoms with Gasteiger partial charge in [0.25, 0.3) is 0 Å². The van der Waals surface area contributed by atoms with Gasteiger partial charge in [0.2, 0.25) is 0 Å². The lowest BCUT2D eigenvalue weighted by Crippen LogP contribution is -2.38. The van der Waals surface area contributed by atoms with Gasteiger partial charge < -0.3 is 14.8 Å². The highest BCUT2D eigenvalue weighted by atomic mass is 35.5. The zero-order valence-electron chi connectivity index (χ0n) is 12.5. The lowest BCUT2D eigenvalue weighted by atomic mass is 10.1. The average molecular weight is 316 g/mol. The molecule has 0 unspecified atom stereocenters. The van der Waals surface area contributed by atoms with E-state index in [9.17, 15) is 9.18 Å². The minimum absolute atomic E-state index is 0.373. The molecule has 0 aliphatic heterocycles. The molecule has 0 heterocycles. The quantitative estimate of drug-likeness (QED) is 0.907. The van der Waals surface area contributed by atoms with Crippen molar-refractivity contribution in [1.29, 1.82) is 0 Å². The van der Waals surface area contributed by atoms with Gasteiger partial charge in [-0.1, -0.05) is 11.6 Å². The lowest BCUT2D eigenvalue weighted by molar-refractivity contribution is 0.0365. The summed E-state index contributed by atoms with van der Waals surface area (Å²) in [6.45, 7) is 5.29. The van der Waals surface area contributed by atoms with Gasteiger partial charge in [-0.25, -0.2) is 9.18 Å². The Hall–Kier alpha value is -1.33. The van der Waals surface area contributed by atoms with Crippen LogP contribution in [-0.4, -0.2) is 24.9 Å². The maximum atomic E-state index is 14.1. The molecule has 0 fully saturated rings. The van der Waals surface area contributed by atoms with Gasteiger partial charge in [0, 0.05) is 24.1 Å². The number of carbonyl (C=O) groups is 1. The molecule has 1 aromatic carbocycles. The minimum atomic E-state index is -0.624. The zero-order valence-corrected chi connectivity index (χ0v) is 13.3. The van der Waals surface area contributed by atoms with Crippen molar-refractivity contribution in [2.24, 2.45) is 0 Å². The van der Waals surface area contributed by atoms with E-state index in [1.54, 1.807) is 20.8 Å². The summed E-state index contributed by atoms with van der Waals surface area (Å²) in [6.07, 6.45) is -0.535. The second-order valence-corrected chi connectivity index (χ2v) is 6.43. The molecule has 4 nitrogen and oxygen atoms in total. The first kappa shape index (κ1) is 16.0. The van der Waals surface area contributed by atoms with E-state index in [1.165, 1.54) is 19.2 Å². The van der Waals surface area contributed by atoms with Gasteiger partial charge >= 0.3 is 6.09 Å². The van der Waals surface area contributed by atoms with Gasteiger partial charge in [-0.15, -0.1) is 0 Å². The molecule has 0 spiro atoms. The van der Waals surface area contributed by atoms with Crippen LogP contribution in [0.3, 0.4) is 0 Å². The molecule has 0 aromatic heterocycles. The SMILES string of the molecule is CO[C@@H]1Cc2c(Cl)ccc(F)c2[C@H]1NC(=O)OC(C)(C)C. The highest BCUT2D eigenvalue weighted by Gasteiger charge is 2.38. The Labute approximate surface area is 128 Å². The topological polar surface area (TPSA) is 47.6 Å². The molecule has 1 aromatic rings. The summed E-state index contributed by atoms with van der Waals surface area (Å²) >= 11 is 6.11. The van der Waals surface area contributed by atoms with E-state index in [4.69, 9.17) is 21.1 Å². The summed E-state index contributed by atoms with van der Waals surface area (Å²) in [7, 11) is 1.52. The van der Waals surface area contributed by atoms with E-state index < -0.39 is 23.6 Å². The van der Waals surface area contributed by atoms with Crippen molar-refractivity contribution < 1.29 is 18.7 Å². The third-order valence-corrected chi connectivity index (χ3v) is 3.66. The molecule has 2 atom stereocenters. The first-order chi connectivity index (χ1) is 9.73. The van der Waals surface area contributed by atoms with Gasteiger partial charge in [-0.2, -0.15) is 0 Å². The van der Waals surface area contributed by atoms with Gasteiger partial charge in [0.05, 0.1) is 12.1 Å². The Morgan fingerprint density at radius 1 is 1.43 bits per heavy atom. The van der Waals surface area contributed by atoms with Crippen LogP contribution in [0.1, 0.15) is 37.9 Å². The summed E-state index contributed by atoms with van der Waals surface area (Å²) in [4.78, 5) is 11.9. The maximum absolute atomic E-state index is 14.1. The second kappa shape index (κ2) is 5.81. The highest BCUT2D eigenvalue weighted by Crippen LogP contribution is 2.39. The molecule has 1 aliphatic carbocycles. The number of rotatable bonds is 2. The molecule has 2 rings (SSSR count). The van der Waals surface area contributed by atoms with Gasteiger partial charge in [-0.05, 0) is 38.5 Å². The first-order valence-electron chi connectivity index (χ1n) is 6.72. The molecule has 21 heavy (non-hydrogen) atoms. The average Bonchev–Trinajstić information content (AvgIpc) is 2.71. The van der Waals surface area contributed by atoms with Crippen molar-refractivity contribution >= 4 is 17.7 Å². The van der Waals surface area contributed by atoms with Crippen molar-refractivity contribution in [1.82, 2.24) is 5.32 Å². The summed E-state index contributed by atoms with van der Waals surface area (Å²) in [5, 5.41) is 3.15. The van der Waals surface area contributed by atoms with Gasteiger partial charge in [0.1, 0.15) is 11.4 Å². The van der Waals surface area contributed by atoms with Crippen molar-refractivity contribution in [3.63, 3.8) is 0 Å². The predicted octanol–water partition coefficient (Wildman–Crippen LogP) is 3.62. The monoisotopic (exact) mass is 315 g/mol. The largest absolute Gasteiger partial charge is 0.444 e. The molecule has 1 amide bonds. The van der Waals surface area contributed by atoms with E-state index in [0.717, 1.165) is 0 Å². The fourth-order valence-corrected chi connectivity index (χ4v) is 2.72. The van der Waals surface area contributed by atoms with Crippen LogP contribution < -0.4 is 5.32 Å². The summed E-state index contributed by atoms with van der Waals surface area (Å²) in [6, 6.07) is 2.19. The van der Waals surface area contributed by atoms with E-state index in [1.807, 2.05) is 0 Å². The second-order valence-electron chi connectivity index (χ2n) is 6.02. The first-order valence-corrected chi connectivity index (χ1v) is 7.10. The van der Waals surface area contributed by atoms with Crippen LogP contribution in [0.2, 0.25) is 5.02 Å². The summed E-state index contributed by atoms with van der Waals surface area (Å²) < 4.78 is 24.7. The van der Waals surface area contributed by atoms with Crippen LogP contribution >= 0.6 is 11.6 Å². The number of methoxy groups -OCH3 is 1. The Morgan fingerprint density at radius 2 is 2.10 bits per heavy atom. The number of carbonyl (C=O) groups excluding carboxylic acids is 1. The molecule has 0 saturated carbocycles. The molecular weight excluding hydrogens is 297 g/mol. The Balaban J connectivity index is 2.27. The molecule has 0 saturated heterocycles. The minimum Gasteiger partial charge on any atom is -0.444 e. The van der Waals surface area contributed by atoms with Crippen LogP contribution in [0.15, 0.2) is 12.1 Å². The third kappa shape index (κ3) is 3.47. The van der Waals surface area contributed by atoms with Crippen molar-refractivity contribution in [2.75, 3.05) is 7.11 Å². The zero-order chi connectivity index (χ0) is 15.8. The van der Waals surface area contributed by atoms with E-state index in [0.29, 0.717) is 22.6 Å². The number of fused-ring (bicyclic) bond motifs is 1. The number of alkyl carbamates (subject to hydrolysis) is 1. The smallest absolute Gasteiger partial charge is 0.408 e. The molecule has 6 heteroatoms. The van der Waals surface area contributed by atoms with Crippen molar-refractivity contribution in [3.8, 4) is 0 Å². The number of nitrogens with one attached hydrogen (secondary N) is 1. The number of amides is 1. The fourth-order valence-electron chi connectivity index (χ4n) is 2.48. The molecule has 1 N–H and O–H groups in total. The van der Waals surface area contributed by atoms with Crippen molar-refractivity contribution in [2.45, 2.75) is 44.9 Å². The van der Waals surface area contributed by atoms with Crippen LogP contribution in [0.5, 0.6) is 0 Å². The molecule has 1 aliphatic rings. The Bertz CT molecular complexity index is 557. The normalized spacial score (nSPS) is 21.0. The van der Waals surface area contributed by atoms with Crippen LogP contribution in [0.25, 0.3) is 0 Å². The molecule has 116 valence electrons. The number of ether oxygens (including phenoxy) is 2. The molecular formula is C15H19ClFNO3. The molecule has 0 radical (unpaired) electrons. The molecule has 0 bridgehead atoms. The van der Waals surface area contributed by atoms with Gasteiger partial charge in [0.15, 0.2) is 0 Å². The number of halogens is 2. The van der Waals surface area contributed by atoms with E-state index in [2.05, 4.69) is 5.32 Å². The third-order valence-electron chi connectivity index (χ3n) is 3.31. The van der Waals surface area contributed by atoms with Gasteiger partial charge in [-0.3, -0.25) is 0 Å². The fraction of sp³-hybridized carbons (Fsp3) is 0.533. The maximum Gasteiger partial charge on any atom is 0.408 e. The predicted molar refractivity (Wildman–Crippen MR) is 78.0 cm³/mol. The summed E-state index contributed by atoms with van der Waals surface area (Å²) in [5.41, 5.74) is 0.422. The van der Waals surface area contributed by atoms with Crippen LogP contribution in [0.4, 0.5) is 9.18 Å². The summed E-state index contributed by atoms with van der Waals surface area (Å²) in [5.74, 6) is -0.407. The van der Waals surface area contributed by atoms with Crippen LogP contribution in [-0.2, 0) is 15.9 Å². The van der Waals surface area contributed by atoms with E-state index >= 15 is 0 Å². The number of hydrogen-bond donors (Lipinski definition) is 1. The van der Waals surface area contributed by atoms with Crippen LogP contribution in [0, 0.1) is 5.82 Å². The Morgan fingerprint density at radius 3 is 2.67 bits per heavy atom. The number of benzene rings is 1. The van der Waals surface area contributed by atoms with E-state index in [-0.39, 0.29) is 6.10 Å². The number of hydrogen-bond acceptors (Lipinski definition) is 3. The lowest BCUT2D eigenvalue weighted by Gasteiger charge is -2.24. The standard InChI is InChI=1S/C15H19ClFNO3/c1-15(2,3)21-14(19)18-13-11(20-4)7-8-9(16)5-6-10(17)12(8)13/h5-6,11,13H,7H2,1-4H3,(H,18,19)/t11-,13+/m1/s1. The van der Waals surface area contributed by atoms with Crippen molar-refractivity contribution in [3.05, 3.63) is 34.1 Å². The Kier molecular flexibility index (Phi) is 4.44.